The Morgan fingerprint density at radius 2 is 2.05 bits per heavy atom. The lowest BCUT2D eigenvalue weighted by Crippen LogP contribution is -2.21. The van der Waals surface area contributed by atoms with Gasteiger partial charge in [-0.1, -0.05) is 0 Å². The molecule has 7 nitrogen and oxygen atoms in total. The predicted molar refractivity (Wildman–Crippen MR) is 79.0 cm³/mol. The van der Waals surface area contributed by atoms with Gasteiger partial charge in [0.2, 0.25) is 11.9 Å². The minimum absolute atomic E-state index is 0.0175. The highest BCUT2D eigenvalue weighted by atomic mass is 32.1. The molecular weight excluding hydrogens is 276 g/mol. The zero-order chi connectivity index (χ0) is 14.7. The number of thiazole rings is 1. The highest BCUT2D eigenvalue weighted by Crippen LogP contribution is 2.16. The number of hydrogen-bond acceptors (Lipinski definition) is 8. The molecule has 2 heterocycles. The summed E-state index contributed by atoms with van der Waals surface area (Å²) in [4.78, 5) is 18.6. The summed E-state index contributed by atoms with van der Waals surface area (Å²) in [6.07, 6.45) is -0.0175. The van der Waals surface area contributed by atoms with Gasteiger partial charge in [-0.3, -0.25) is 0 Å². The van der Waals surface area contributed by atoms with Gasteiger partial charge in [-0.15, -0.1) is 11.3 Å². The third kappa shape index (κ3) is 3.77. The maximum atomic E-state index is 5.69. The molecule has 0 spiro atoms. The van der Waals surface area contributed by atoms with Crippen LogP contribution in [0.2, 0.25) is 0 Å². The molecule has 2 N–H and O–H groups in total. The third-order valence-electron chi connectivity index (χ3n) is 2.37. The summed E-state index contributed by atoms with van der Waals surface area (Å²) in [7, 11) is 1.88. The number of ether oxygens (including phenoxy) is 1. The number of anilines is 2. The first kappa shape index (κ1) is 14.4. The molecule has 0 saturated heterocycles. The van der Waals surface area contributed by atoms with Gasteiger partial charge in [0.1, 0.15) is 0 Å². The van der Waals surface area contributed by atoms with E-state index in [2.05, 4.69) is 19.9 Å². The number of nitrogens with two attached hydrogens (primary N) is 1. The van der Waals surface area contributed by atoms with Gasteiger partial charge in [-0.2, -0.15) is 15.0 Å². The fourth-order valence-corrected chi connectivity index (χ4v) is 2.19. The van der Waals surface area contributed by atoms with E-state index in [0.717, 1.165) is 10.7 Å². The SMILES string of the molecule is Cc1nc(CN(C)c2nc(N)nc(OC(C)C)n2)cs1. The van der Waals surface area contributed by atoms with E-state index >= 15 is 0 Å². The van der Waals surface area contributed by atoms with Gasteiger partial charge >= 0.3 is 6.01 Å². The van der Waals surface area contributed by atoms with Gasteiger partial charge in [-0.05, 0) is 20.8 Å². The molecule has 108 valence electrons. The normalized spacial score (nSPS) is 10.8. The van der Waals surface area contributed by atoms with Crippen LogP contribution >= 0.6 is 11.3 Å². The Bertz CT molecular complexity index is 585. The third-order valence-corrected chi connectivity index (χ3v) is 3.19. The monoisotopic (exact) mass is 294 g/mol. The van der Waals surface area contributed by atoms with Crippen LogP contribution in [-0.4, -0.2) is 33.1 Å². The molecule has 2 rings (SSSR count). The molecule has 0 saturated carbocycles. The topological polar surface area (TPSA) is 90.1 Å². The highest BCUT2D eigenvalue weighted by Gasteiger charge is 2.12. The lowest BCUT2D eigenvalue weighted by Gasteiger charge is -2.17. The van der Waals surface area contributed by atoms with E-state index in [4.69, 9.17) is 10.5 Å². The van der Waals surface area contributed by atoms with Gasteiger partial charge in [0.25, 0.3) is 0 Å². The van der Waals surface area contributed by atoms with Crippen LogP contribution in [0.1, 0.15) is 24.5 Å². The zero-order valence-electron chi connectivity index (χ0n) is 12.0. The standard InChI is InChI=1S/C12H18N6OS/c1-7(2)19-12-16-10(13)15-11(17-12)18(4)5-9-6-20-8(3)14-9/h6-7H,5H2,1-4H3,(H2,13,15,16,17). The predicted octanol–water partition coefficient (Wildman–Crippen LogP) is 1.64. The van der Waals surface area contributed by atoms with Crippen molar-refractivity contribution in [3.05, 3.63) is 16.1 Å². The number of rotatable bonds is 5. The molecule has 8 heteroatoms. The molecule has 0 radical (unpaired) electrons. The number of aryl methyl sites for hydroxylation is 1. The molecule has 0 unspecified atom stereocenters. The molecule has 0 aliphatic carbocycles. The van der Waals surface area contributed by atoms with Gasteiger partial charge in [-0.25, -0.2) is 4.98 Å². The van der Waals surface area contributed by atoms with Gasteiger partial charge in [0, 0.05) is 12.4 Å². The molecule has 0 aliphatic rings. The Morgan fingerprint density at radius 3 is 2.65 bits per heavy atom. The highest BCUT2D eigenvalue weighted by molar-refractivity contribution is 7.09. The largest absolute Gasteiger partial charge is 0.461 e. The second-order valence-corrected chi connectivity index (χ2v) is 5.72. The molecule has 2 aromatic rings. The van der Waals surface area contributed by atoms with Crippen molar-refractivity contribution < 1.29 is 4.74 Å². The minimum Gasteiger partial charge on any atom is -0.461 e. The van der Waals surface area contributed by atoms with Crippen LogP contribution in [0.15, 0.2) is 5.38 Å². The lowest BCUT2D eigenvalue weighted by molar-refractivity contribution is 0.222. The first-order valence-corrected chi connectivity index (χ1v) is 7.12. The van der Waals surface area contributed by atoms with Crippen molar-refractivity contribution in [1.82, 2.24) is 19.9 Å². The summed E-state index contributed by atoms with van der Waals surface area (Å²) in [5, 5.41) is 3.05. The van der Waals surface area contributed by atoms with E-state index < -0.39 is 0 Å². The van der Waals surface area contributed by atoms with Crippen LogP contribution < -0.4 is 15.4 Å². The maximum Gasteiger partial charge on any atom is 0.323 e. The van der Waals surface area contributed by atoms with Crippen molar-refractivity contribution in [2.24, 2.45) is 0 Å². The van der Waals surface area contributed by atoms with Crippen molar-refractivity contribution >= 4 is 23.2 Å². The summed E-state index contributed by atoms with van der Waals surface area (Å²) >= 11 is 1.62. The van der Waals surface area contributed by atoms with Gasteiger partial charge < -0.3 is 15.4 Å². The minimum atomic E-state index is -0.0175. The second kappa shape index (κ2) is 6.00. The van der Waals surface area contributed by atoms with Crippen LogP contribution in [0.25, 0.3) is 0 Å². The summed E-state index contributed by atoms with van der Waals surface area (Å²) in [5.74, 6) is 0.616. The maximum absolute atomic E-state index is 5.69. The van der Waals surface area contributed by atoms with E-state index in [1.54, 1.807) is 11.3 Å². The van der Waals surface area contributed by atoms with Gasteiger partial charge in [0.15, 0.2) is 0 Å². The zero-order valence-corrected chi connectivity index (χ0v) is 12.8. The van der Waals surface area contributed by atoms with E-state index in [-0.39, 0.29) is 18.1 Å². The molecule has 2 aromatic heterocycles. The number of nitrogen functional groups attached to an aromatic ring is 1. The molecule has 0 amide bonds. The summed E-state index contributed by atoms with van der Waals surface area (Å²) < 4.78 is 5.46. The average Bonchev–Trinajstić information content (AvgIpc) is 2.73. The summed E-state index contributed by atoms with van der Waals surface area (Å²) in [6.45, 7) is 6.39. The Labute approximate surface area is 121 Å². The smallest absolute Gasteiger partial charge is 0.323 e. The van der Waals surface area contributed by atoms with E-state index in [0.29, 0.717) is 12.5 Å². The number of aromatic nitrogens is 4. The molecule has 0 aromatic carbocycles. The molecule has 0 aliphatic heterocycles. The molecular formula is C12H18N6OS. The van der Waals surface area contributed by atoms with Crippen LogP contribution in [-0.2, 0) is 6.54 Å². The first-order chi connectivity index (χ1) is 9.44. The average molecular weight is 294 g/mol. The van der Waals surface area contributed by atoms with Crippen molar-refractivity contribution in [1.29, 1.82) is 0 Å². The fourth-order valence-electron chi connectivity index (χ4n) is 1.59. The van der Waals surface area contributed by atoms with E-state index in [9.17, 15) is 0 Å². The lowest BCUT2D eigenvalue weighted by atomic mass is 10.4. The van der Waals surface area contributed by atoms with Crippen LogP contribution in [0.3, 0.4) is 0 Å². The molecule has 0 atom stereocenters. The Balaban J connectivity index is 2.16. The van der Waals surface area contributed by atoms with Crippen molar-refractivity contribution in [2.45, 2.75) is 33.4 Å². The van der Waals surface area contributed by atoms with Crippen LogP contribution in [0.5, 0.6) is 6.01 Å². The van der Waals surface area contributed by atoms with Crippen LogP contribution in [0, 0.1) is 6.92 Å². The fraction of sp³-hybridized carbons (Fsp3) is 0.500. The molecule has 0 bridgehead atoms. The Hall–Kier alpha value is -1.96. The Kier molecular flexibility index (Phi) is 4.33. The second-order valence-electron chi connectivity index (χ2n) is 4.66. The van der Waals surface area contributed by atoms with Gasteiger partial charge in [0.05, 0.1) is 23.4 Å². The Morgan fingerprint density at radius 1 is 1.30 bits per heavy atom. The van der Waals surface area contributed by atoms with E-state index in [1.165, 1.54) is 0 Å². The quantitative estimate of drug-likeness (QED) is 0.896. The van der Waals surface area contributed by atoms with Crippen molar-refractivity contribution in [2.75, 3.05) is 17.7 Å². The summed E-state index contributed by atoms with van der Waals surface area (Å²) in [5.41, 5.74) is 6.66. The molecule has 20 heavy (non-hydrogen) atoms. The number of hydrogen-bond donors (Lipinski definition) is 1. The van der Waals surface area contributed by atoms with Crippen molar-refractivity contribution in [3.8, 4) is 6.01 Å². The molecule has 0 fully saturated rings. The van der Waals surface area contributed by atoms with E-state index in [1.807, 2.05) is 38.1 Å². The van der Waals surface area contributed by atoms with Crippen LogP contribution in [0.4, 0.5) is 11.9 Å². The number of nitrogens with zero attached hydrogens (tertiary/aromatic N) is 5. The summed E-state index contributed by atoms with van der Waals surface area (Å²) in [6, 6.07) is 0.240. The first-order valence-electron chi connectivity index (χ1n) is 6.24. The van der Waals surface area contributed by atoms with Crippen molar-refractivity contribution in [3.63, 3.8) is 0 Å².